The molecule has 1 aromatic heterocycles. The van der Waals surface area contributed by atoms with Gasteiger partial charge >= 0.3 is 0 Å². The number of amides is 1. The highest BCUT2D eigenvalue weighted by Crippen LogP contribution is 2.32. The first-order chi connectivity index (χ1) is 15.3. The largest absolute Gasteiger partial charge is 0.353 e. The second kappa shape index (κ2) is 9.87. The first kappa shape index (κ1) is 23.2. The van der Waals surface area contributed by atoms with Crippen molar-refractivity contribution in [2.24, 2.45) is 23.7 Å². The van der Waals surface area contributed by atoms with Crippen LogP contribution in [-0.4, -0.2) is 31.9 Å². The van der Waals surface area contributed by atoms with E-state index >= 15 is 0 Å². The fourth-order valence-corrected chi connectivity index (χ4v) is 6.61. The van der Waals surface area contributed by atoms with E-state index in [0.29, 0.717) is 29.9 Å². The van der Waals surface area contributed by atoms with Crippen molar-refractivity contribution < 1.29 is 13.2 Å². The smallest absolute Gasteiger partial charge is 0.242 e. The van der Waals surface area contributed by atoms with Gasteiger partial charge in [-0.05, 0) is 62.0 Å². The number of rotatable bonds is 6. The standard InChI is InChI=1S/C25H35N3O3S/c1-17-6-3-9-22(18(17)2)28-25(29)21-13-11-19(12-14-21)16-27-32(30,31)23-10-4-7-20-8-5-15-26-24(20)23/h4-5,7-8,10,15,17-19,21-22,27H,3,6,9,11-14,16H2,1-2H3,(H,28,29)/t17-,18-,19?,21?,22+/m1/s1. The number of carbonyl (C=O) groups is 1. The van der Waals surface area contributed by atoms with Gasteiger partial charge in [0.2, 0.25) is 15.9 Å². The number of hydrogen-bond donors (Lipinski definition) is 2. The van der Waals surface area contributed by atoms with E-state index in [2.05, 4.69) is 28.9 Å². The van der Waals surface area contributed by atoms with Crippen molar-refractivity contribution in [3.63, 3.8) is 0 Å². The topological polar surface area (TPSA) is 88.2 Å². The number of carbonyl (C=O) groups excluding carboxylic acids is 1. The van der Waals surface area contributed by atoms with Gasteiger partial charge in [-0.15, -0.1) is 0 Å². The summed E-state index contributed by atoms with van der Waals surface area (Å²) in [6.07, 6.45) is 8.52. The van der Waals surface area contributed by atoms with E-state index in [-0.39, 0.29) is 22.6 Å². The van der Waals surface area contributed by atoms with Crippen LogP contribution in [0.15, 0.2) is 41.4 Å². The summed E-state index contributed by atoms with van der Waals surface area (Å²) >= 11 is 0. The lowest BCUT2D eigenvalue weighted by atomic mass is 9.77. The Balaban J connectivity index is 1.29. The summed E-state index contributed by atoms with van der Waals surface area (Å²) in [5.41, 5.74) is 0.495. The van der Waals surface area contributed by atoms with Gasteiger partial charge in [-0.2, -0.15) is 0 Å². The summed E-state index contributed by atoms with van der Waals surface area (Å²) in [7, 11) is -3.64. The first-order valence-electron chi connectivity index (χ1n) is 12.0. The number of nitrogens with zero attached hydrogens (tertiary/aromatic N) is 1. The predicted molar refractivity (Wildman–Crippen MR) is 126 cm³/mol. The summed E-state index contributed by atoms with van der Waals surface area (Å²) in [6, 6.07) is 9.17. The minimum atomic E-state index is -3.64. The van der Waals surface area contributed by atoms with Gasteiger partial charge in [0.05, 0.1) is 5.52 Å². The van der Waals surface area contributed by atoms with Crippen LogP contribution < -0.4 is 10.0 Å². The number of sulfonamides is 1. The zero-order valence-electron chi connectivity index (χ0n) is 19.1. The Kier molecular flexibility index (Phi) is 7.15. The molecule has 2 saturated carbocycles. The molecule has 0 unspecified atom stereocenters. The number of aromatic nitrogens is 1. The second-order valence-electron chi connectivity index (χ2n) is 9.78. The van der Waals surface area contributed by atoms with Gasteiger partial charge in [0.1, 0.15) is 4.90 Å². The van der Waals surface area contributed by atoms with E-state index in [0.717, 1.165) is 37.5 Å². The third-order valence-electron chi connectivity index (χ3n) is 7.70. The van der Waals surface area contributed by atoms with Crippen molar-refractivity contribution >= 4 is 26.8 Å². The molecular formula is C25H35N3O3S. The number of para-hydroxylation sites is 1. The van der Waals surface area contributed by atoms with Gasteiger partial charge in [-0.3, -0.25) is 9.78 Å². The number of nitrogens with one attached hydrogen (secondary N) is 2. The minimum absolute atomic E-state index is 0.0505. The number of benzene rings is 1. The van der Waals surface area contributed by atoms with E-state index in [1.165, 1.54) is 12.8 Å². The minimum Gasteiger partial charge on any atom is -0.353 e. The van der Waals surface area contributed by atoms with E-state index in [4.69, 9.17) is 0 Å². The molecule has 2 aromatic rings. The molecule has 0 bridgehead atoms. The fourth-order valence-electron chi connectivity index (χ4n) is 5.31. The Morgan fingerprint density at radius 3 is 2.56 bits per heavy atom. The summed E-state index contributed by atoms with van der Waals surface area (Å²) in [5, 5.41) is 4.13. The van der Waals surface area contributed by atoms with Crippen molar-refractivity contribution in [2.45, 2.75) is 69.7 Å². The SMILES string of the molecule is C[C@@H]1[C@H](C)CCC[C@@H]1NC(=O)C1CCC(CNS(=O)(=O)c2cccc3cccnc23)CC1. The number of hydrogen-bond acceptors (Lipinski definition) is 4. The molecule has 2 N–H and O–H groups in total. The molecular weight excluding hydrogens is 422 g/mol. The zero-order chi connectivity index (χ0) is 22.7. The summed E-state index contributed by atoms with van der Waals surface area (Å²) < 4.78 is 28.6. The molecule has 7 heteroatoms. The van der Waals surface area contributed by atoms with Gasteiger partial charge in [-0.25, -0.2) is 13.1 Å². The van der Waals surface area contributed by atoms with Crippen LogP contribution in [0.4, 0.5) is 0 Å². The normalized spacial score (nSPS) is 29.0. The Hall–Kier alpha value is -1.99. The highest BCUT2D eigenvalue weighted by Gasteiger charge is 2.32. The lowest BCUT2D eigenvalue weighted by Gasteiger charge is -2.36. The summed E-state index contributed by atoms with van der Waals surface area (Å²) in [6.45, 7) is 4.93. The molecule has 0 spiro atoms. The molecule has 3 atom stereocenters. The molecule has 6 nitrogen and oxygen atoms in total. The van der Waals surface area contributed by atoms with Crippen LogP contribution in [-0.2, 0) is 14.8 Å². The predicted octanol–water partition coefficient (Wildman–Crippen LogP) is 4.26. The summed E-state index contributed by atoms with van der Waals surface area (Å²) in [4.78, 5) is 17.3. The van der Waals surface area contributed by atoms with E-state index in [1.807, 2.05) is 12.1 Å². The Morgan fingerprint density at radius 2 is 1.78 bits per heavy atom. The van der Waals surface area contributed by atoms with Crippen LogP contribution in [0.25, 0.3) is 10.9 Å². The molecule has 32 heavy (non-hydrogen) atoms. The van der Waals surface area contributed by atoms with Crippen LogP contribution in [0.2, 0.25) is 0 Å². The van der Waals surface area contributed by atoms with E-state index in [1.54, 1.807) is 24.4 Å². The van der Waals surface area contributed by atoms with Crippen molar-refractivity contribution in [2.75, 3.05) is 6.54 Å². The lowest BCUT2D eigenvalue weighted by molar-refractivity contribution is -0.127. The molecule has 0 aliphatic heterocycles. The average molecular weight is 458 g/mol. The van der Waals surface area contributed by atoms with Gasteiger partial charge in [0.25, 0.3) is 0 Å². The van der Waals surface area contributed by atoms with Crippen molar-refractivity contribution in [3.8, 4) is 0 Å². The number of pyridine rings is 1. The first-order valence-corrected chi connectivity index (χ1v) is 13.5. The van der Waals surface area contributed by atoms with Crippen molar-refractivity contribution in [1.82, 2.24) is 15.0 Å². The molecule has 174 valence electrons. The molecule has 1 heterocycles. The van der Waals surface area contributed by atoms with Crippen LogP contribution in [0.3, 0.4) is 0 Å². The van der Waals surface area contributed by atoms with E-state index < -0.39 is 10.0 Å². The van der Waals surface area contributed by atoms with Gasteiger partial charge in [0.15, 0.2) is 0 Å². The van der Waals surface area contributed by atoms with Crippen LogP contribution in [0.1, 0.15) is 58.8 Å². The van der Waals surface area contributed by atoms with E-state index in [9.17, 15) is 13.2 Å². The molecule has 2 fully saturated rings. The Bertz CT molecular complexity index is 1040. The maximum absolute atomic E-state index is 12.9. The quantitative estimate of drug-likeness (QED) is 0.678. The maximum Gasteiger partial charge on any atom is 0.242 e. The van der Waals surface area contributed by atoms with Crippen LogP contribution in [0, 0.1) is 23.7 Å². The molecule has 0 radical (unpaired) electrons. The lowest BCUT2D eigenvalue weighted by Crippen LogP contribution is -2.46. The van der Waals surface area contributed by atoms with Crippen molar-refractivity contribution in [1.29, 1.82) is 0 Å². The molecule has 4 rings (SSSR count). The molecule has 1 amide bonds. The van der Waals surface area contributed by atoms with Crippen molar-refractivity contribution in [3.05, 3.63) is 36.5 Å². The Labute approximate surface area is 191 Å². The zero-order valence-corrected chi connectivity index (χ0v) is 19.9. The maximum atomic E-state index is 12.9. The molecule has 2 aliphatic rings. The molecule has 0 saturated heterocycles. The van der Waals surface area contributed by atoms with Crippen LogP contribution in [0.5, 0.6) is 0 Å². The highest BCUT2D eigenvalue weighted by atomic mass is 32.2. The monoisotopic (exact) mass is 457 g/mol. The molecule has 1 aromatic carbocycles. The van der Waals surface area contributed by atoms with Gasteiger partial charge < -0.3 is 5.32 Å². The summed E-state index contributed by atoms with van der Waals surface area (Å²) in [5.74, 6) is 1.69. The van der Waals surface area contributed by atoms with Gasteiger partial charge in [-0.1, -0.05) is 44.9 Å². The third-order valence-corrected chi connectivity index (χ3v) is 9.15. The van der Waals surface area contributed by atoms with Gasteiger partial charge in [0, 0.05) is 30.1 Å². The third kappa shape index (κ3) is 5.15. The number of fused-ring (bicyclic) bond motifs is 1. The average Bonchev–Trinajstić information content (AvgIpc) is 2.80. The Morgan fingerprint density at radius 1 is 1.03 bits per heavy atom. The second-order valence-corrected chi connectivity index (χ2v) is 11.5. The highest BCUT2D eigenvalue weighted by molar-refractivity contribution is 7.89. The molecule has 2 aliphatic carbocycles. The fraction of sp³-hybridized carbons (Fsp3) is 0.600. The van der Waals surface area contributed by atoms with Crippen LogP contribution >= 0.6 is 0 Å².